The highest BCUT2D eigenvalue weighted by molar-refractivity contribution is 6.05. The third-order valence-corrected chi connectivity index (χ3v) is 7.33. The van der Waals surface area contributed by atoms with Gasteiger partial charge in [0.2, 0.25) is 12.7 Å². The topological polar surface area (TPSA) is 147 Å². The highest BCUT2D eigenvalue weighted by Crippen LogP contribution is 2.40. The zero-order chi connectivity index (χ0) is 32.1. The first-order valence-electron chi connectivity index (χ1n) is 14.7. The van der Waals surface area contributed by atoms with Crippen LogP contribution in [-0.4, -0.2) is 96.9 Å². The Hall–Kier alpha value is -3.87. The lowest BCUT2D eigenvalue weighted by molar-refractivity contribution is -0.156. The van der Waals surface area contributed by atoms with Crippen LogP contribution in [0.1, 0.15) is 70.8 Å². The van der Waals surface area contributed by atoms with Crippen LogP contribution in [0.3, 0.4) is 0 Å². The Morgan fingerprint density at radius 2 is 1.86 bits per heavy atom. The van der Waals surface area contributed by atoms with Gasteiger partial charge in [-0.3, -0.25) is 24.5 Å². The normalized spacial score (nSPS) is 17.7. The number of rotatable bonds is 10. The Balaban J connectivity index is 1.83. The van der Waals surface area contributed by atoms with Crippen LogP contribution in [0.4, 0.5) is 10.5 Å². The van der Waals surface area contributed by atoms with Crippen molar-refractivity contribution in [3.8, 4) is 5.75 Å². The second kappa shape index (κ2) is 14.1. The van der Waals surface area contributed by atoms with E-state index in [9.17, 15) is 24.0 Å². The lowest BCUT2D eigenvalue weighted by atomic mass is 9.99. The molecule has 0 saturated carbocycles. The van der Waals surface area contributed by atoms with Gasteiger partial charge in [0.1, 0.15) is 11.9 Å². The van der Waals surface area contributed by atoms with E-state index in [4.69, 9.17) is 14.2 Å². The van der Waals surface area contributed by atoms with Gasteiger partial charge in [-0.1, -0.05) is 20.8 Å². The van der Waals surface area contributed by atoms with Crippen molar-refractivity contribution in [2.75, 3.05) is 44.4 Å². The van der Waals surface area contributed by atoms with Crippen LogP contribution in [0, 0.1) is 12.8 Å². The molecule has 0 bridgehead atoms. The number of nitrogens with zero attached hydrogens (tertiary/aromatic N) is 3. The number of anilines is 1. The minimum Gasteiger partial charge on any atom is -0.476 e. The molecule has 4 amide bonds. The van der Waals surface area contributed by atoms with Crippen molar-refractivity contribution in [3.63, 3.8) is 0 Å². The van der Waals surface area contributed by atoms with Gasteiger partial charge in [-0.25, -0.2) is 4.79 Å². The summed E-state index contributed by atoms with van der Waals surface area (Å²) in [4.78, 5) is 68.4. The molecule has 2 heterocycles. The summed E-state index contributed by atoms with van der Waals surface area (Å²) >= 11 is 0. The molecule has 1 atom stereocenters. The van der Waals surface area contributed by atoms with Gasteiger partial charge >= 0.3 is 12.1 Å². The number of benzene rings is 1. The molecule has 3 rings (SSSR count). The fourth-order valence-corrected chi connectivity index (χ4v) is 4.95. The molecule has 1 fully saturated rings. The molecule has 0 spiro atoms. The molecule has 43 heavy (non-hydrogen) atoms. The molecular weight excluding hydrogens is 558 g/mol. The Bertz CT molecular complexity index is 1230. The Morgan fingerprint density at radius 3 is 2.49 bits per heavy atom. The molecule has 0 radical (unpaired) electrons. The van der Waals surface area contributed by atoms with E-state index in [0.29, 0.717) is 42.1 Å². The van der Waals surface area contributed by atoms with E-state index < -0.39 is 30.6 Å². The molecule has 238 valence electrons. The molecular formula is C30H45N5O8. The maximum Gasteiger partial charge on any atom is 0.412 e. The Morgan fingerprint density at radius 1 is 1.16 bits per heavy atom. The number of ether oxygens (including phenoxy) is 3. The van der Waals surface area contributed by atoms with Crippen LogP contribution in [0.15, 0.2) is 12.1 Å². The van der Waals surface area contributed by atoms with Gasteiger partial charge in [-0.05, 0) is 52.3 Å². The first kappa shape index (κ1) is 33.6. The van der Waals surface area contributed by atoms with Crippen molar-refractivity contribution < 1.29 is 38.2 Å². The van der Waals surface area contributed by atoms with Crippen molar-refractivity contribution >= 4 is 35.5 Å². The number of esters is 1. The van der Waals surface area contributed by atoms with Gasteiger partial charge in [-0.2, -0.15) is 0 Å². The summed E-state index contributed by atoms with van der Waals surface area (Å²) in [5, 5.41) is 6.11. The third-order valence-electron chi connectivity index (χ3n) is 7.33. The van der Waals surface area contributed by atoms with E-state index in [2.05, 4.69) is 10.6 Å². The van der Waals surface area contributed by atoms with Crippen LogP contribution in [0.5, 0.6) is 5.75 Å². The molecule has 0 unspecified atom stereocenters. The van der Waals surface area contributed by atoms with Crippen molar-refractivity contribution in [1.29, 1.82) is 0 Å². The summed E-state index contributed by atoms with van der Waals surface area (Å²) < 4.78 is 16.1. The Kier molecular flexibility index (Phi) is 11.0. The molecule has 0 aromatic heterocycles. The van der Waals surface area contributed by atoms with Gasteiger partial charge < -0.3 is 34.2 Å². The number of hydrogen-bond donors (Lipinski definition) is 2. The molecule has 0 aliphatic carbocycles. The van der Waals surface area contributed by atoms with Crippen LogP contribution in [0.25, 0.3) is 0 Å². The lowest BCUT2D eigenvalue weighted by Crippen LogP contribution is -2.62. The fraction of sp³-hybridized carbons (Fsp3) is 0.633. The van der Waals surface area contributed by atoms with E-state index in [1.54, 1.807) is 63.5 Å². The SMILES string of the molecule is CCC(=O)NCCN1C(=O)C(C)(C)Oc2cc(C)c(C(=O)N(C(C)C)[C@@H]3CN(C(=O)OCOC(=O)C(C)C)CCN3)cc21. The molecule has 2 aliphatic rings. The summed E-state index contributed by atoms with van der Waals surface area (Å²) in [6, 6.07) is 3.17. The zero-order valence-corrected chi connectivity index (χ0v) is 26.4. The molecule has 1 aromatic rings. The molecule has 2 N–H and O–H groups in total. The minimum absolute atomic E-state index is 0.123. The van der Waals surface area contributed by atoms with Crippen molar-refractivity contribution in [2.24, 2.45) is 5.92 Å². The number of hydrogen-bond acceptors (Lipinski definition) is 9. The number of amides is 4. The van der Waals surface area contributed by atoms with Crippen molar-refractivity contribution in [2.45, 2.75) is 79.6 Å². The van der Waals surface area contributed by atoms with Gasteiger partial charge in [0.15, 0.2) is 5.60 Å². The highest BCUT2D eigenvalue weighted by Gasteiger charge is 2.42. The zero-order valence-electron chi connectivity index (χ0n) is 26.4. The summed E-state index contributed by atoms with van der Waals surface area (Å²) in [5.41, 5.74) is 0.373. The second-order valence-electron chi connectivity index (χ2n) is 11.8. The predicted molar refractivity (Wildman–Crippen MR) is 158 cm³/mol. The number of carbonyl (C=O) groups is 5. The van der Waals surface area contributed by atoms with E-state index in [-0.39, 0.29) is 49.3 Å². The standard InChI is InChI=1S/C30H45N5O8/c1-9-25(36)32-11-13-34-22-15-21(20(6)14-23(22)43-30(7,8)28(34)39)26(37)35(19(4)5)24-16-33(12-10-31-24)29(40)42-17-41-27(38)18(2)3/h14-15,18-19,24,31H,9-13,16-17H2,1-8H3,(H,32,36)/t24-/m1/s1. The maximum atomic E-state index is 14.1. The quantitative estimate of drug-likeness (QED) is 0.304. The van der Waals surface area contributed by atoms with E-state index in [1.165, 1.54) is 4.90 Å². The van der Waals surface area contributed by atoms with Gasteiger partial charge in [0.05, 0.1) is 18.2 Å². The van der Waals surface area contributed by atoms with E-state index in [1.807, 2.05) is 13.8 Å². The number of nitrogens with one attached hydrogen (secondary N) is 2. The van der Waals surface area contributed by atoms with Crippen LogP contribution in [-0.2, 0) is 23.9 Å². The number of aryl methyl sites for hydroxylation is 1. The van der Waals surface area contributed by atoms with Gasteiger partial charge in [-0.15, -0.1) is 0 Å². The Labute approximate surface area is 253 Å². The highest BCUT2D eigenvalue weighted by atomic mass is 16.7. The number of piperazine rings is 1. The van der Waals surface area contributed by atoms with Gasteiger partial charge in [0.25, 0.3) is 11.8 Å². The predicted octanol–water partition coefficient (Wildman–Crippen LogP) is 2.40. The second-order valence-corrected chi connectivity index (χ2v) is 11.8. The monoisotopic (exact) mass is 603 g/mol. The van der Waals surface area contributed by atoms with Crippen molar-refractivity contribution in [1.82, 2.24) is 20.4 Å². The molecule has 2 aliphatic heterocycles. The van der Waals surface area contributed by atoms with Gasteiger partial charge in [0, 0.05) is 44.2 Å². The van der Waals surface area contributed by atoms with Crippen LogP contribution < -0.4 is 20.3 Å². The average Bonchev–Trinajstić information content (AvgIpc) is 2.94. The maximum absolute atomic E-state index is 14.1. The summed E-state index contributed by atoms with van der Waals surface area (Å²) in [6.07, 6.45) is -0.842. The van der Waals surface area contributed by atoms with E-state index >= 15 is 0 Å². The third kappa shape index (κ3) is 7.95. The van der Waals surface area contributed by atoms with Crippen LogP contribution >= 0.6 is 0 Å². The average molecular weight is 604 g/mol. The molecule has 13 heteroatoms. The molecule has 1 aromatic carbocycles. The lowest BCUT2D eigenvalue weighted by Gasteiger charge is -2.42. The summed E-state index contributed by atoms with van der Waals surface area (Å²) in [5.74, 6) is -1.03. The minimum atomic E-state index is -1.12. The summed E-state index contributed by atoms with van der Waals surface area (Å²) in [7, 11) is 0. The summed E-state index contributed by atoms with van der Waals surface area (Å²) in [6.45, 7) is 15.0. The van der Waals surface area contributed by atoms with E-state index in [0.717, 1.165) is 0 Å². The van der Waals surface area contributed by atoms with Crippen molar-refractivity contribution in [3.05, 3.63) is 23.3 Å². The largest absolute Gasteiger partial charge is 0.476 e. The van der Waals surface area contributed by atoms with Crippen LogP contribution in [0.2, 0.25) is 0 Å². The fourth-order valence-electron chi connectivity index (χ4n) is 4.95. The number of carbonyl (C=O) groups excluding carboxylic acids is 5. The first-order valence-corrected chi connectivity index (χ1v) is 14.7. The number of fused-ring (bicyclic) bond motifs is 1. The molecule has 13 nitrogen and oxygen atoms in total. The smallest absolute Gasteiger partial charge is 0.412 e. The molecule has 1 saturated heterocycles. The first-order chi connectivity index (χ1) is 20.2.